The van der Waals surface area contributed by atoms with Gasteiger partial charge in [-0.3, -0.25) is 0 Å². The van der Waals surface area contributed by atoms with E-state index >= 15 is 0 Å². The van der Waals surface area contributed by atoms with Gasteiger partial charge in [0.25, 0.3) is 0 Å². The van der Waals surface area contributed by atoms with E-state index < -0.39 is 11.7 Å². The van der Waals surface area contributed by atoms with Crippen LogP contribution in [0.5, 0.6) is 0 Å². The van der Waals surface area contributed by atoms with Crippen molar-refractivity contribution in [3.63, 3.8) is 0 Å². The average Bonchev–Trinajstić information content (AvgIpc) is 2.35. The van der Waals surface area contributed by atoms with Gasteiger partial charge >= 0.3 is 6.09 Å². The van der Waals surface area contributed by atoms with Gasteiger partial charge in [0, 0.05) is 31.8 Å². The molecule has 0 aromatic rings. The topological polar surface area (TPSA) is 112 Å². The van der Waals surface area contributed by atoms with E-state index in [1.165, 1.54) is 0 Å². The Kier molecular flexibility index (Phi) is 8.32. The molecule has 0 heterocycles. The van der Waals surface area contributed by atoms with Crippen molar-refractivity contribution in [2.45, 2.75) is 45.1 Å². The van der Waals surface area contributed by atoms with Crippen LogP contribution in [0.15, 0.2) is 0 Å². The third-order valence-electron chi connectivity index (χ3n) is 2.96. The number of nitrogens with two attached hydrogens (primary N) is 1. The number of alkyl carbamates (subject to hydrolysis) is 1. The molecule has 0 bridgehead atoms. The highest BCUT2D eigenvalue weighted by Gasteiger charge is 2.32. The van der Waals surface area contributed by atoms with E-state index in [-0.39, 0.29) is 5.92 Å². The van der Waals surface area contributed by atoms with Crippen molar-refractivity contribution >= 4 is 6.09 Å². The van der Waals surface area contributed by atoms with Crippen molar-refractivity contribution in [2.24, 2.45) is 11.7 Å². The molecule has 19 heavy (non-hydrogen) atoms. The number of hydrogen-bond donors (Lipinski definition) is 2. The summed E-state index contributed by atoms with van der Waals surface area (Å²) in [6, 6.07) is 4.16. The molecule has 0 radical (unpaired) electrons. The highest BCUT2D eigenvalue weighted by molar-refractivity contribution is 5.67. The van der Waals surface area contributed by atoms with E-state index in [1.54, 1.807) is 13.8 Å². The van der Waals surface area contributed by atoms with Crippen molar-refractivity contribution < 1.29 is 9.53 Å². The summed E-state index contributed by atoms with van der Waals surface area (Å²) in [5.74, 6) is -0.0181. The van der Waals surface area contributed by atoms with Gasteiger partial charge in [-0.2, -0.15) is 10.5 Å². The molecule has 0 unspecified atom stereocenters. The second-order valence-corrected chi connectivity index (χ2v) is 4.80. The molecule has 1 amide bonds. The van der Waals surface area contributed by atoms with Crippen molar-refractivity contribution in [3.05, 3.63) is 0 Å². The fraction of sp³-hybridized carbons (Fsp3) is 0.769. The normalized spacial score (nSPS) is 10.6. The Hall–Kier alpha value is -1.79. The van der Waals surface area contributed by atoms with Gasteiger partial charge in [-0.05, 0) is 26.7 Å². The summed E-state index contributed by atoms with van der Waals surface area (Å²) in [5.41, 5.74) is 4.57. The number of hydrogen-bond acceptors (Lipinski definition) is 5. The smallest absolute Gasteiger partial charge is 0.407 e. The lowest BCUT2D eigenvalue weighted by Gasteiger charge is -2.33. The molecule has 0 fully saturated rings. The minimum absolute atomic E-state index is 0.0181. The Balaban J connectivity index is 4.53. The second-order valence-electron chi connectivity index (χ2n) is 4.80. The molecule has 0 aliphatic rings. The van der Waals surface area contributed by atoms with Gasteiger partial charge in [0.2, 0.25) is 0 Å². The number of carbonyl (C=O) groups is 1. The van der Waals surface area contributed by atoms with E-state index in [0.717, 1.165) is 0 Å². The maximum Gasteiger partial charge on any atom is 0.407 e. The van der Waals surface area contributed by atoms with Crippen LogP contribution in [-0.4, -0.2) is 24.8 Å². The average molecular weight is 266 g/mol. The lowest BCUT2D eigenvalue weighted by atomic mass is 9.83. The van der Waals surface area contributed by atoms with Crippen LogP contribution < -0.4 is 11.1 Å². The van der Waals surface area contributed by atoms with Crippen LogP contribution in [0.4, 0.5) is 4.79 Å². The number of nitriles is 2. The maximum absolute atomic E-state index is 11.6. The van der Waals surface area contributed by atoms with E-state index in [4.69, 9.17) is 21.0 Å². The van der Waals surface area contributed by atoms with Crippen LogP contribution in [-0.2, 0) is 4.74 Å². The second kappa shape index (κ2) is 9.18. The summed E-state index contributed by atoms with van der Waals surface area (Å²) in [6.45, 7) is 4.31. The first-order valence-corrected chi connectivity index (χ1v) is 6.38. The molecule has 0 aromatic carbocycles. The summed E-state index contributed by atoms with van der Waals surface area (Å²) in [4.78, 5) is 11.6. The number of nitrogens with zero attached hydrogens (tertiary/aromatic N) is 2. The SMILES string of the molecule is CC(C)(OC(=O)NCCN)C(CCC#N)CCC#N. The van der Waals surface area contributed by atoms with Gasteiger partial charge in [0.05, 0.1) is 12.1 Å². The predicted octanol–water partition coefficient (Wildman–Crippen LogP) is 1.67. The molecule has 106 valence electrons. The van der Waals surface area contributed by atoms with E-state index in [9.17, 15) is 4.79 Å². The van der Waals surface area contributed by atoms with Crippen molar-refractivity contribution in [1.29, 1.82) is 10.5 Å². The summed E-state index contributed by atoms with van der Waals surface area (Å²) >= 11 is 0. The zero-order chi connectivity index (χ0) is 14.7. The van der Waals surface area contributed by atoms with Crippen molar-refractivity contribution in [2.75, 3.05) is 13.1 Å². The molecule has 0 saturated carbocycles. The molecule has 6 nitrogen and oxygen atoms in total. The molecule has 0 saturated heterocycles. The highest BCUT2D eigenvalue weighted by atomic mass is 16.6. The van der Waals surface area contributed by atoms with E-state index in [0.29, 0.717) is 38.8 Å². The van der Waals surface area contributed by atoms with Gasteiger partial charge in [-0.15, -0.1) is 0 Å². The number of ether oxygens (including phenoxy) is 1. The molecule has 3 N–H and O–H groups in total. The molecule has 0 rings (SSSR count). The Morgan fingerprint density at radius 3 is 2.26 bits per heavy atom. The summed E-state index contributed by atoms with van der Waals surface area (Å²) in [6.07, 6.45) is 1.46. The van der Waals surface area contributed by atoms with E-state index in [1.807, 2.05) is 0 Å². The molecule has 0 aliphatic heterocycles. The number of nitrogens with one attached hydrogen (secondary N) is 1. The van der Waals surface area contributed by atoms with Gasteiger partial charge < -0.3 is 15.8 Å². The first-order valence-electron chi connectivity index (χ1n) is 6.38. The van der Waals surface area contributed by atoms with Gasteiger partial charge in [-0.25, -0.2) is 4.79 Å². The molecule has 0 aliphatic carbocycles. The van der Waals surface area contributed by atoms with Crippen LogP contribution in [0.3, 0.4) is 0 Å². The van der Waals surface area contributed by atoms with Crippen LogP contribution in [0.2, 0.25) is 0 Å². The van der Waals surface area contributed by atoms with E-state index in [2.05, 4.69) is 17.5 Å². The quantitative estimate of drug-likeness (QED) is 0.694. The van der Waals surface area contributed by atoms with Crippen LogP contribution in [0.1, 0.15) is 39.5 Å². The largest absolute Gasteiger partial charge is 0.443 e. The van der Waals surface area contributed by atoms with Gasteiger partial charge in [0.15, 0.2) is 0 Å². The van der Waals surface area contributed by atoms with Crippen molar-refractivity contribution in [3.8, 4) is 12.1 Å². The zero-order valence-corrected chi connectivity index (χ0v) is 11.6. The fourth-order valence-corrected chi connectivity index (χ4v) is 1.85. The molecule has 0 spiro atoms. The first kappa shape index (κ1) is 17.2. The number of carbonyl (C=O) groups excluding carboxylic acids is 1. The molecule has 6 heteroatoms. The monoisotopic (exact) mass is 266 g/mol. The lowest BCUT2D eigenvalue weighted by Crippen LogP contribution is -2.41. The van der Waals surface area contributed by atoms with Crippen LogP contribution in [0.25, 0.3) is 0 Å². The molecular weight excluding hydrogens is 244 g/mol. The predicted molar refractivity (Wildman–Crippen MR) is 70.8 cm³/mol. The minimum atomic E-state index is -0.716. The fourth-order valence-electron chi connectivity index (χ4n) is 1.85. The number of amides is 1. The Morgan fingerprint density at radius 2 is 1.84 bits per heavy atom. The van der Waals surface area contributed by atoms with Gasteiger partial charge in [0.1, 0.15) is 5.60 Å². The van der Waals surface area contributed by atoms with Crippen LogP contribution in [0, 0.1) is 28.6 Å². The summed E-state index contributed by atoms with van der Waals surface area (Å²) in [5, 5.41) is 19.8. The standard InChI is InChI=1S/C13H22N4O2/c1-13(2,19-12(18)17-10-9-16)11(5-3-7-14)6-4-8-15/h11H,3-6,9-10,16H2,1-2H3,(H,17,18). The maximum atomic E-state index is 11.6. The zero-order valence-electron chi connectivity index (χ0n) is 11.6. The van der Waals surface area contributed by atoms with Crippen molar-refractivity contribution in [1.82, 2.24) is 5.32 Å². The summed E-state index contributed by atoms with van der Waals surface area (Å²) in [7, 11) is 0. The summed E-state index contributed by atoms with van der Waals surface area (Å²) < 4.78 is 5.37. The Labute approximate surface area is 114 Å². The van der Waals surface area contributed by atoms with Crippen LogP contribution >= 0.6 is 0 Å². The molecular formula is C13H22N4O2. The minimum Gasteiger partial charge on any atom is -0.443 e. The molecule has 0 atom stereocenters. The first-order chi connectivity index (χ1) is 8.97. The third-order valence-corrected chi connectivity index (χ3v) is 2.96. The molecule has 0 aromatic heterocycles. The van der Waals surface area contributed by atoms with Gasteiger partial charge in [-0.1, -0.05) is 0 Å². The Morgan fingerprint density at radius 1 is 1.32 bits per heavy atom. The number of rotatable bonds is 8. The highest BCUT2D eigenvalue weighted by Crippen LogP contribution is 2.29. The lowest BCUT2D eigenvalue weighted by molar-refractivity contribution is -0.0110. The Bertz CT molecular complexity index is 337. The third kappa shape index (κ3) is 7.28.